The van der Waals surface area contributed by atoms with Crippen LogP contribution in [0.25, 0.3) is 11.0 Å². The van der Waals surface area contributed by atoms with Gasteiger partial charge < -0.3 is 15.5 Å². The topological polar surface area (TPSA) is 125 Å². The van der Waals surface area contributed by atoms with Gasteiger partial charge in [0, 0.05) is 23.3 Å². The van der Waals surface area contributed by atoms with E-state index in [0.717, 1.165) is 16.5 Å². The summed E-state index contributed by atoms with van der Waals surface area (Å²) in [7, 11) is 0. The molecule has 3 N–H and O–H groups in total. The predicted molar refractivity (Wildman–Crippen MR) is 96.1 cm³/mol. The number of aromatic nitrogens is 5. The van der Waals surface area contributed by atoms with Crippen LogP contribution in [0.1, 0.15) is 23.2 Å². The first kappa shape index (κ1) is 16.9. The summed E-state index contributed by atoms with van der Waals surface area (Å²) in [6.07, 6.45) is 3.37. The first-order chi connectivity index (χ1) is 13.2. The quantitative estimate of drug-likeness (QED) is 0.527. The SMILES string of the molecule is NCc1nnn(CC(=O)NC(c2cccnc2)c2cc3ccccc3o2)n1. The van der Waals surface area contributed by atoms with Crippen molar-refractivity contribution in [1.29, 1.82) is 0 Å². The number of rotatable bonds is 6. The van der Waals surface area contributed by atoms with E-state index in [1.165, 1.54) is 4.80 Å². The van der Waals surface area contributed by atoms with Gasteiger partial charge in [-0.15, -0.1) is 10.2 Å². The number of nitrogens with one attached hydrogen (secondary N) is 1. The van der Waals surface area contributed by atoms with Gasteiger partial charge in [-0.3, -0.25) is 9.78 Å². The largest absolute Gasteiger partial charge is 0.459 e. The molecule has 9 heteroatoms. The molecule has 0 aliphatic rings. The summed E-state index contributed by atoms with van der Waals surface area (Å²) < 4.78 is 5.95. The molecule has 4 aromatic rings. The lowest BCUT2D eigenvalue weighted by Crippen LogP contribution is -2.32. The number of amides is 1. The van der Waals surface area contributed by atoms with E-state index in [4.69, 9.17) is 10.2 Å². The molecule has 136 valence electrons. The van der Waals surface area contributed by atoms with E-state index >= 15 is 0 Å². The molecule has 0 aliphatic carbocycles. The molecule has 0 bridgehead atoms. The van der Waals surface area contributed by atoms with Crippen molar-refractivity contribution >= 4 is 16.9 Å². The van der Waals surface area contributed by atoms with Crippen molar-refractivity contribution in [2.45, 2.75) is 19.1 Å². The van der Waals surface area contributed by atoms with Crippen LogP contribution < -0.4 is 11.1 Å². The van der Waals surface area contributed by atoms with Gasteiger partial charge in [0.25, 0.3) is 0 Å². The molecule has 0 aliphatic heterocycles. The zero-order chi connectivity index (χ0) is 18.6. The molecule has 0 spiro atoms. The summed E-state index contributed by atoms with van der Waals surface area (Å²) in [5, 5.41) is 15.5. The van der Waals surface area contributed by atoms with E-state index in [2.05, 4.69) is 25.7 Å². The van der Waals surface area contributed by atoms with Gasteiger partial charge in [0.15, 0.2) is 5.82 Å². The molecule has 0 radical (unpaired) electrons. The van der Waals surface area contributed by atoms with Crippen LogP contribution in [-0.2, 0) is 17.9 Å². The van der Waals surface area contributed by atoms with Gasteiger partial charge in [-0.25, -0.2) is 0 Å². The molecule has 0 saturated heterocycles. The molecule has 4 rings (SSSR count). The van der Waals surface area contributed by atoms with Crippen LogP contribution in [0, 0.1) is 0 Å². The number of carbonyl (C=O) groups excluding carboxylic acids is 1. The van der Waals surface area contributed by atoms with Crippen LogP contribution >= 0.6 is 0 Å². The average molecular weight is 363 g/mol. The monoisotopic (exact) mass is 363 g/mol. The highest BCUT2D eigenvalue weighted by atomic mass is 16.3. The average Bonchev–Trinajstić information content (AvgIpc) is 3.33. The zero-order valence-electron chi connectivity index (χ0n) is 14.3. The Morgan fingerprint density at radius 3 is 2.89 bits per heavy atom. The van der Waals surface area contributed by atoms with Crippen LogP contribution in [0.4, 0.5) is 0 Å². The Kier molecular flexibility index (Phi) is 4.58. The molecule has 0 fully saturated rings. The third kappa shape index (κ3) is 3.67. The number of fused-ring (bicyclic) bond motifs is 1. The molecule has 9 nitrogen and oxygen atoms in total. The number of carbonyl (C=O) groups is 1. The van der Waals surface area contributed by atoms with Gasteiger partial charge in [-0.2, -0.15) is 4.80 Å². The van der Waals surface area contributed by atoms with Crippen LogP contribution in [0.3, 0.4) is 0 Å². The van der Waals surface area contributed by atoms with E-state index < -0.39 is 6.04 Å². The molecule has 1 amide bonds. The fourth-order valence-corrected chi connectivity index (χ4v) is 2.77. The normalized spacial score (nSPS) is 12.2. The Morgan fingerprint density at radius 1 is 1.26 bits per heavy atom. The van der Waals surface area contributed by atoms with E-state index in [0.29, 0.717) is 11.6 Å². The lowest BCUT2D eigenvalue weighted by molar-refractivity contribution is -0.122. The van der Waals surface area contributed by atoms with Gasteiger partial charge >= 0.3 is 0 Å². The molecule has 0 saturated carbocycles. The van der Waals surface area contributed by atoms with Gasteiger partial charge in [0.1, 0.15) is 23.9 Å². The van der Waals surface area contributed by atoms with Gasteiger partial charge in [0.2, 0.25) is 5.91 Å². The molecule has 3 heterocycles. The van der Waals surface area contributed by atoms with Crippen LogP contribution in [0.15, 0.2) is 59.3 Å². The smallest absolute Gasteiger partial charge is 0.244 e. The second-order valence-corrected chi connectivity index (χ2v) is 5.91. The lowest BCUT2D eigenvalue weighted by Gasteiger charge is -2.16. The number of para-hydroxylation sites is 1. The number of tetrazole rings is 1. The molecule has 1 unspecified atom stereocenters. The number of pyridine rings is 1. The molecule has 1 aromatic carbocycles. The van der Waals surface area contributed by atoms with Gasteiger partial charge in [-0.1, -0.05) is 24.3 Å². The van der Waals surface area contributed by atoms with E-state index in [1.807, 2.05) is 42.5 Å². The second-order valence-electron chi connectivity index (χ2n) is 5.91. The van der Waals surface area contributed by atoms with Crippen molar-refractivity contribution in [2.75, 3.05) is 0 Å². The van der Waals surface area contributed by atoms with Crippen LogP contribution in [0.5, 0.6) is 0 Å². The van der Waals surface area contributed by atoms with Crippen molar-refractivity contribution in [3.05, 3.63) is 72.0 Å². The van der Waals surface area contributed by atoms with Crippen molar-refractivity contribution in [2.24, 2.45) is 5.73 Å². The Labute approximate surface area is 154 Å². The molecule has 27 heavy (non-hydrogen) atoms. The summed E-state index contributed by atoms with van der Waals surface area (Å²) in [6, 6.07) is 12.8. The number of nitrogens with two attached hydrogens (primary N) is 1. The highest BCUT2D eigenvalue weighted by Gasteiger charge is 2.22. The minimum Gasteiger partial charge on any atom is -0.459 e. The van der Waals surface area contributed by atoms with Gasteiger partial charge in [-0.05, 0) is 23.4 Å². The van der Waals surface area contributed by atoms with E-state index in [-0.39, 0.29) is 19.0 Å². The number of nitrogens with zero attached hydrogens (tertiary/aromatic N) is 5. The van der Waals surface area contributed by atoms with Crippen molar-refractivity contribution in [3.8, 4) is 0 Å². The summed E-state index contributed by atoms with van der Waals surface area (Å²) in [5.41, 5.74) is 7.02. The second kappa shape index (κ2) is 7.34. The van der Waals surface area contributed by atoms with E-state index in [9.17, 15) is 4.79 Å². The summed E-state index contributed by atoms with van der Waals surface area (Å²) >= 11 is 0. The molecular weight excluding hydrogens is 346 g/mol. The third-order valence-electron chi connectivity index (χ3n) is 4.01. The Hall–Kier alpha value is -3.59. The van der Waals surface area contributed by atoms with Crippen molar-refractivity contribution in [1.82, 2.24) is 30.5 Å². The fourth-order valence-electron chi connectivity index (χ4n) is 2.77. The maximum Gasteiger partial charge on any atom is 0.244 e. The summed E-state index contributed by atoms with van der Waals surface area (Å²) in [4.78, 5) is 17.9. The number of hydrogen-bond acceptors (Lipinski definition) is 7. The third-order valence-corrected chi connectivity index (χ3v) is 4.01. The standard InChI is InChI=1S/C18H17N7O2/c19-9-16-22-24-25(23-16)11-17(26)21-18(13-5-3-7-20-10-13)15-8-12-4-1-2-6-14(12)27-15/h1-8,10,18H,9,11,19H2,(H,21,26). The van der Waals surface area contributed by atoms with Crippen LogP contribution in [-0.4, -0.2) is 31.1 Å². The summed E-state index contributed by atoms with van der Waals surface area (Å²) in [5.74, 6) is 0.709. The number of benzene rings is 1. The number of furan rings is 1. The Bertz CT molecular complexity index is 1020. The molecule has 3 aromatic heterocycles. The minimum atomic E-state index is -0.490. The predicted octanol–water partition coefficient (Wildman–Crippen LogP) is 1.18. The Balaban J connectivity index is 1.61. The Morgan fingerprint density at radius 2 is 2.15 bits per heavy atom. The van der Waals surface area contributed by atoms with Gasteiger partial charge in [0.05, 0.1) is 6.54 Å². The lowest BCUT2D eigenvalue weighted by atomic mass is 10.1. The van der Waals surface area contributed by atoms with Crippen molar-refractivity contribution in [3.63, 3.8) is 0 Å². The maximum absolute atomic E-state index is 12.5. The van der Waals surface area contributed by atoms with E-state index in [1.54, 1.807) is 12.4 Å². The fraction of sp³-hybridized carbons (Fsp3) is 0.167. The number of hydrogen-bond donors (Lipinski definition) is 2. The molecule has 1 atom stereocenters. The first-order valence-electron chi connectivity index (χ1n) is 8.37. The van der Waals surface area contributed by atoms with Crippen LogP contribution in [0.2, 0.25) is 0 Å². The van der Waals surface area contributed by atoms with Crippen molar-refractivity contribution < 1.29 is 9.21 Å². The molecular formula is C18H17N7O2. The highest BCUT2D eigenvalue weighted by Crippen LogP contribution is 2.28. The first-order valence-corrected chi connectivity index (χ1v) is 8.37. The summed E-state index contributed by atoms with van der Waals surface area (Å²) in [6.45, 7) is 0.0862. The maximum atomic E-state index is 12.5. The highest BCUT2D eigenvalue weighted by molar-refractivity contribution is 5.79. The zero-order valence-corrected chi connectivity index (χ0v) is 14.3. The minimum absolute atomic E-state index is 0.0794.